The molecule has 0 fully saturated rings. The van der Waals surface area contributed by atoms with Gasteiger partial charge in [0, 0.05) is 17.8 Å². The minimum absolute atomic E-state index is 0.283. The minimum Gasteiger partial charge on any atom is -0.478 e. The lowest BCUT2D eigenvalue weighted by Gasteiger charge is -2.11. The third kappa shape index (κ3) is 2.88. The molecule has 0 bridgehead atoms. The number of nitrogens with two attached hydrogens (primary N) is 1. The summed E-state index contributed by atoms with van der Waals surface area (Å²) in [7, 11) is 0. The van der Waals surface area contributed by atoms with E-state index in [4.69, 9.17) is 10.8 Å². The van der Waals surface area contributed by atoms with E-state index in [1.54, 1.807) is 0 Å². The van der Waals surface area contributed by atoms with Crippen LogP contribution in [0, 0.1) is 23.3 Å². The van der Waals surface area contributed by atoms with Gasteiger partial charge in [-0.15, -0.1) is 0 Å². The lowest BCUT2D eigenvalue weighted by molar-refractivity contribution is 0.0698. The molecule has 0 spiro atoms. The largest absolute Gasteiger partial charge is 0.478 e. The Morgan fingerprint density at radius 1 is 0.905 bits per heavy atom. The van der Waals surface area contributed by atoms with Crippen molar-refractivity contribution in [3.05, 3.63) is 53.1 Å². The summed E-state index contributed by atoms with van der Waals surface area (Å²) in [5, 5.41) is 11.0. The normalized spacial score (nSPS) is 10.5. The molecule has 0 radical (unpaired) electrons. The first kappa shape index (κ1) is 14.6. The van der Waals surface area contributed by atoms with Crippen LogP contribution in [0.5, 0.6) is 0 Å². The number of nitrogens with one attached hydrogen (secondary N) is 1. The molecule has 0 aromatic heterocycles. The predicted molar refractivity (Wildman–Crippen MR) is 67.4 cm³/mol. The number of rotatable bonds is 3. The third-order valence-corrected chi connectivity index (χ3v) is 2.65. The zero-order valence-corrected chi connectivity index (χ0v) is 10.3. The summed E-state index contributed by atoms with van der Waals surface area (Å²) in [4.78, 5) is 10.9. The number of anilines is 3. The predicted octanol–water partition coefficient (Wildman–Crippen LogP) is 3.27. The first-order valence-electron chi connectivity index (χ1n) is 5.53. The fourth-order valence-corrected chi connectivity index (χ4v) is 1.63. The van der Waals surface area contributed by atoms with Crippen LogP contribution in [-0.4, -0.2) is 11.1 Å². The van der Waals surface area contributed by atoms with Gasteiger partial charge in [-0.05, 0) is 12.1 Å². The van der Waals surface area contributed by atoms with E-state index in [1.807, 2.05) is 0 Å². The van der Waals surface area contributed by atoms with Crippen LogP contribution >= 0.6 is 0 Å². The van der Waals surface area contributed by atoms with Crippen molar-refractivity contribution in [1.82, 2.24) is 0 Å². The molecule has 110 valence electrons. The number of benzene rings is 2. The van der Waals surface area contributed by atoms with E-state index in [2.05, 4.69) is 5.32 Å². The van der Waals surface area contributed by atoms with Crippen LogP contribution in [0.3, 0.4) is 0 Å². The molecule has 0 unspecified atom stereocenters. The van der Waals surface area contributed by atoms with Crippen LogP contribution in [0.4, 0.5) is 34.6 Å². The highest BCUT2D eigenvalue weighted by Gasteiger charge is 2.16. The van der Waals surface area contributed by atoms with Crippen LogP contribution < -0.4 is 11.1 Å². The number of hydrogen-bond acceptors (Lipinski definition) is 3. The standard InChI is InChI=1S/C13H8F4N2O2/c14-6-2-8(16)12(4-7(6)15)19-11-1-5(13(20)21)10(18)3-9(11)17/h1-4,19H,18H2,(H,20,21). The Morgan fingerprint density at radius 2 is 1.43 bits per heavy atom. The van der Waals surface area contributed by atoms with E-state index < -0.39 is 46.2 Å². The molecule has 0 aliphatic carbocycles. The zero-order valence-electron chi connectivity index (χ0n) is 10.3. The monoisotopic (exact) mass is 300 g/mol. The van der Waals surface area contributed by atoms with Crippen molar-refractivity contribution in [2.24, 2.45) is 0 Å². The Hall–Kier alpha value is -2.77. The van der Waals surface area contributed by atoms with Gasteiger partial charge in [-0.3, -0.25) is 0 Å². The van der Waals surface area contributed by atoms with Crippen molar-refractivity contribution in [3.63, 3.8) is 0 Å². The summed E-state index contributed by atoms with van der Waals surface area (Å²) in [6.45, 7) is 0. The van der Waals surface area contributed by atoms with Crippen LogP contribution in [0.15, 0.2) is 24.3 Å². The smallest absolute Gasteiger partial charge is 0.337 e. The number of carboxylic acids is 1. The van der Waals surface area contributed by atoms with Crippen molar-refractivity contribution in [2.75, 3.05) is 11.1 Å². The van der Waals surface area contributed by atoms with Crippen molar-refractivity contribution in [1.29, 1.82) is 0 Å². The highest BCUT2D eigenvalue weighted by molar-refractivity contribution is 5.95. The quantitative estimate of drug-likeness (QED) is 0.462. The average Bonchev–Trinajstić information content (AvgIpc) is 2.38. The number of hydrogen-bond donors (Lipinski definition) is 3. The first-order valence-corrected chi connectivity index (χ1v) is 5.53. The molecule has 0 heterocycles. The first-order chi connectivity index (χ1) is 9.79. The van der Waals surface area contributed by atoms with Crippen molar-refractivity contribution >= 4 is 23.0 Å². The van der Waals surface area contributed by atoms with Gasteiger partial charge in [-0.1, -0.05) is 0 Å². The van der Waals surface area contributed by atoms with Gasteiger partial charge in [-0.2, -0.15) is 0 Å². The minimum atomic E-state index is -1.42. The number of carboxylic acid groups (broad SMARTS) is 1. The Morgan fingerprint density at radius 3 is 2.05 bits per heavy atom. The van der Waals surface area contributed by atoms with Gasteiger partial charge < -0.3 is 16.2 Å². The molecule has 0 saturated carbocycles. The third-order valence-electron chi connectivity index (χ3n) is 2.65. The summed E-state index contributed by atoms with van der Waals surface area (Å²) in [5.41, 5.74) is 3.60. The van der Waals surface area contributed by atoms with Gasteiger partial charge in [0.25, 0.3) is 0 Å². The zero-order chi connectivity index (χ0) is 15.7. The van der Waals surface area contributed by atoms with Crippen molar-refractivity contribution in [3.8, 4) is 0 Å². The molecular weight excluding hydrogens is 292 g/mol. The molecule has 0 aliphatic rings. The number of carbonyl (C=O) groups is 1. The van der Waals surface area contributed by atoms with Gasteiger partial charge >= 0.3 is 5.97 Å². The fraction of sp³-hybridized carbons (Fsp3) is 0. The second-order valence-electron chi connectivity index (χ2n) is 4.10. The maximum Gasteiger partial charge on any atom is 0.337 e. The maximum atomic E-state index is 13.7. The van der Waals surface area contributed by atoms with Gasteiger partial charge in [0.15, 0.2) is 11.6 Å². The molecule has 4 N–H and O–H groups in total. The van der Waals surface area contributed by atoms with Crippen LogP contribution in [-0.2, 0) is 0 Å². The van der Waals surface area contributed by atoms with Gasteiger partial charge in [-0.25, -0.2) is 22.4 Å². The molecule has 2 aromatic carbocycles. The lowest BCUT2D eigenvalue weighted by Crippen LogP contribution is -2.06. The van der Waals surface area contributed by atoms with E-state index in [9.17, 15) is 22.4 Å². The van der Waals surface area contributed by atoms with E-state index in [1.165, 1.54) is 0 Å². The topological polar surface area (TPSA) is 75.3 Å². The molecule has 2 aromatic rings. The molecular formula is C13H8F4N2O2. The van der Waals surface area contributed by atoms with Gasteiger partial charge in [0.05, 0.1) is 16.9 Å². The number of nitrogen functional groups attached to an aromatic ring is 1. The Balaban J connectivity index is 2.47. The van der Waals surface area contributed by atoms with E-state index in [-0.39, 0.29) is 11.8 Å². The average molecular weight is 300 g/mol. The molecule has 0 atom stereocenters. The fourth-order valence-electron chi connectivity index (χ4n) is 1.63. The number of aromatic carboxylic acids is 1. The van der Waals surface area contributed by atoms with Crippen molar-refractivity contribution in [2.45, 2.75) is 0 Å². The van der Waals surface area contributed by atoms with Gasteiger partial charge in [0.2, 0.25) is 0 Å². The van der Waals surface area contributed by atoms with E-state index in [0.29, 0.717) is 6.07 Å². The summed E-state index contributed by atoms with van der Waals surface area (Å²) >= 11 is 0. The molecule has 21 heavy (non-hydrogen) atoms. The van der Waals surface area contributed by atoms with E-state index >= 15 is 0 Å². The Labute approximate surface area is 115 Å². The highest BCUT2D eigenvalue weighted by Crippen LogP contribution is 2.27. The second kappa shape index (κ2) is 5.31. The Kier molecular flexibility index (Phi) is 3.70. The second-order valence-corrected chi connectivity index (χ2v) is 4.10. The summed E-state index contributed by atoms with van der Waals surface area (Å²) in [6, 6.07) is 2.32. The molecule has 0 aliphatic heterocycles. The van der Waals surface area contributed by atoms with Gasteiger partial charge in [0.1, 0.15) is 11.6 Å². The van der Waals surface area contributed by atoms with Crippen LogP contribution in [0.25, 0.3) is 0 Å². The molecule has 2 rings (SSSR count). The number of halogens is 4. The summed E-state index contributed by atoms with van der Waals surface area (Å²) < 4.78 is 53.0. The SMILES string of the molecule is Nc1cc(F)c(Nc2cc(F)c(F)cc2F)cc1C(=O)O. The van der Waals surface area contributed by atoms with Crippen molar-refractivity contribution < 1.29 is 27.5 Å². The molecule has 4 nitrogen and oxygen atoms in total. The molecule has 0 saturated heterocycles. The summed E-state index contributed by atoms with van der Waals surface area (Å²) in [6.07, 6.45) is 0. The highest BCUT2D eigenvalue weighted by atomic mass is 19.2. The van der Waals surface area contributed by atoms with E-state index in [0.717, 1.165) is 12.1 Å². The van der Waals surface area contributed by atoms with Crippen LogP contribution in [0.1, 0.15) is 10.4 Å². The maximum absolute atomic E-state index is 13.7. The summed E-state index contributed by atoms with van der Waals surface area (Å²) in [5.74, 6) is -6.29. The Bertz CT molecular complexity index is 735. The lowest BCUT2D eigenvalue weighted by atomic mass is 10.1. The molecule has 0 amide bonds. The van der Waals surface area contributed by atoms with Crippen LogP contribution in [0.2, 0.25) is 0 Å². The molecule has 8 heteroatoms.